The number of carbonyl (C=O) groups is 1. The topological polar surface area (TPSA) is 56.1 Å². The van der Waals surface area contributed by atoms with Gasteiger partial charge in [0.15, 0.2) is 0 Å². The van der Waals surface area contributed by atoms with Crippen LogP contribution in [0.2, 0.25) is 0 Å². The van der Waals surface area contributed by atoms with Gasteiger partial charge in [-0.05, 0) is 53.4 Å². The first-order chi connectivity index (χ1) is 13.2. The van der Waals surface area contributed by atoms with Crippen molar-refractivity contribution in [2.24, 2.45) is 0 Å². The minimum atomic E-state index is -0.219. The van der Waals surface area contributed by atoms with Crippen LogP contribution in [-0.4, -0.2) is 22.6 Å². The molecule has 1 N–H and O–H groups in total. The summed E-state index contributed by atoms with van der Waals surface area (Å²) >= 11 is 0. The highest BCUT2D eigenvalue weighted by molar-refractivity contribution is 6.03. The second-order valence-corrected chi connectivity index (χ2v) is 6.23. The van der Waals surface area contributed by atoms with Gasteiger partial charge in [-0.1, -0.05) is 24.3 Å². The number of aromatic nitrogens is 2. The molecule has 4 rings (SSSR count). The molecule has 5 nitrogen and oxygen atoms in total. The van der Waals surface area contributed by atoms with Crippen LogP contribution < -0.4 is 10.1 Å². The van der Waals surface area contributed by atoms with Crippen molar-refractivity contribution in [1.29, 1.82) is 0 Å². The molecule has 2 aromatic carbocycles. The van der Waals surface area contributed by atoms with E-state index in [9.17, 15) is 4.79 Å². The zero-order valence-corrected chi connectivity index (χ0v) is 14.9. The number of amides is 1. The van der Waals surface area contributed by atoms with E-state index in [1.807, 2.05) is 30.3 Å². The lowest BCUT2D eigenvalue weighted by Gasteiger charge is -2.09. The highest BCUT2D eigenvalue weighted by Crippen LogP contribution is 2.22. The zero-order valence-electron chi connectivity index (χ0n) is 14.9. The molecular weight excluding hydrogens is 338 g/mol. The van der Waals surface area contributed by atoms with Crippen molar-refractivity contribution in [2.45, 2.75) is 6.54 Å². The van der Waals surface area contributed by atoms with Gasteiger partial charge in [-0.3, -0.25) is 9.78 Å². The third-order valence-electron chi connectivity index (χ3n) is 4.44. The fraction of sp³-hybridized carbons (Fsp3) is 0.0909. The smallest absolute Gasteiger partial charge is 0.274 e. The normalized spacial score (nSPS) is 10.7. The zero-order chi connectivity index (χ0) is 18.6. The van der Waals surface area contributed by atoms with E-state index in [0.29, 0.717) is 5.69 Å². The monoisotopic (exact) mass is 357 g/mol. The minimum absolute atomic E-state index is 0.219. The van der Waals surface area contributed by atoms with Crippen molar-refractivity contribution in [3.05, 3.63) is 90.4 Å². The lowest BCUT2D eigenvalue weighted by Crippen LogP contribution is -2.13. The molecule has 1 amide bonds. The number of carbonyl (C=O) groups excluding carboxylic acids is 1. The molecule has 0 aliphatic carbocycles. The van der Waals surface area contributed by atoms with Crippen molar-refractivity contribution in [1.82, 2.24) is 9.55 Å². The number of nitrogens with one attached hydrogen (secondary N) is 1. The quantitative estimate of drug-likeness (QED) is 0.578. The molecule has 0 aliphatic rings. The number of hydrogen-bond acceptors (Lipinski definition) is 3. The van der Waals surface area contributed by atoms with Crippen LogP contribution in [0, 0.1) is 0 Å². The van der Waals surface area contributed by atoms with Gasteiger partial charge in [0.05, 0.1) is 12.6 Å². The highest BCUT2D eigenvalue weighted by atomic mass is 16.5. The number of methoxy groups -OCH3 is 1. The first kappa shape index (κ1) is 16.8. The summed E-state index contributed by atoms with van der Waals surface area (Å²) in [7, 11) is 1.66. The van der Waals surface area contributed by atoms with E-state index < -0.39 is 0 Å². The summed E-state index contributed by atoms with van der Waals surface area (Å²) < 4.78 is 7.37. The molecule has 0 aliphatic heterocycles. The summed E-state index contributed by atoms with van der Waals surface area (Å²) in [6.45, 7) is 0.741. The maximum atomic E-state index is 12.3. The Morgan fingerprint density at radius 2 is 1.93 bits per heavy atom. The summed E-state index contributed by atoms with van der Waals surface area (Å²) in [5.41, 5.74) is 3.37. The Hall–Kier alpha value is -3.60. The van der Waals surface area contributed by atoms with E-state index in [-0.39, 0.29) is 5.91 Å². The maximum Gasteiger partial charge on any atom is 0.274 e. The lowest BCUT2D eigenvalue weighted by atomic mass is 10.2. The van der Waals surface area contributed by atoms with E-state index in [1.54, 1.807) is 31.5 Å². The summed E-state index contributed by atoms with van der Waals surface area (Å²) in [6.07, 6.45) is 3.66. The Balaban J connectivity index is 1.58. The molecule has 2 aromatic heterocycles. The maximum absolute atomic E-state index is 12.3. The van der Waals surface area contributed by atoms with Crippen LogP contribution in [0.1, 0.15) is 16.1 Å². The van der Waals surface area contributed by atoms with Crippen LogP contribution in [-0.2, 0) is 6.54 Å². The molecule has 134 valence electrons. The fourth-order valence-electron chi connectivity index (χ4n) is 3.02. The molecule has 0 bridgehead atoms. The first-order valence-corrected chi connectivity index (χ1v) is 8.67. The van der Waals surface area contributed by atoms with Gasteiger partial charge in [0.1, 0.15) is 11.4 Å². The molecule has 5 heteroatoms. The van der Waals surface area contributed by atoms with Gasteiger partial charge in [0.25, 0.3) is 5.91 Å². The van der Waals surface area contributed by atoms with Crippen LogP contribution in [0.3, 0.4) is 0 Å². The lowest BCUT2D eigenvalue weighted by molar-refractivity contribution is 0.102. The predicted octanol–water partition coefficient (Wildman–Crippen LogP) is 4.35. The van der Waals surface area contributed by atoms with E-state index in [1.165, 1.54) is 5.56 Å². The van der Waals surface area contributed by atoms with Crippen molar-refractivity contribution < 1.29 is 9.53 Å². The number of anilines is 1. The van der Waals surface area contributed by atoms with Crippen molar-refractivity contribution in [3.63, 3.8) is 0 Å². The minimum Gasteiger partial charge on any atom is -0.497 e. The summed E-state index contributed by atoms with van der Waals surface area (Å²) in [5.74, 6) is 0.624. The van der Waals surface area contributed by atoms with E-state index in [2.05, 4.69) is 39.3 Å². The number of benzene rings is 2. The summed E-state index contributed by atoms with van der Waals surface area (Å²) in [4.78, 5) is 16.4. The third-order valence-corrected chi connectivity index (χ3v) is 4.44. The predicted molar refractivity (Wildman–Crippen MR) is 106 cm³/mol. The van der Waals surface area contributed by atoms with Gasteiger partial charge in [-0.2, -0.15) is 0 Å². The molecule has 0 saturated carbocycles. The van der Waals surface area contributed by atoms with Gasteiger partial charge in [-0.25, -0.2) is 0 Å². The Morgan fingerprint density at radius 3 is 2.67 bits per heavy atom. The number of hydrogen-bond donors (Lipinski definition) is 1. The SMILES string of the molecule is COc1ccc(Cn2ccc3ccc(NC(=O)c4ccccn4)cc32)cc1. The summed E-state index contributed by atoms with van der Waals surface area (Å²) in [6, 6.07) is 21.3. The molecule has 0 fully saturated rings. The average molecular weight is 357 g/mol. The van der Waals surface area contributed by atoms with Crippen LogP contribution in [0.5, 0.6) is 5.75 Å². The average Bonchev–Trinajstić information content (AvgIpc) is 3.11. The second-order valence-electron chi connectivity index (χ2n) is 6.23. The molecule has 0 radical (unpaired) electrons. The Bertz CT molecular complexity index is 1070. The Morgan fingerprint density at radius 1 is 1.07 bits per heavy atom. The van der Waals surface area contributed by atoms with Crippen molar-refractivity contribution in [2.75, 3.05) is 12.4 Å². The second kappa shape index (κ2) is 7.33. The fourth-order valence-corrected chi connectivity index (χ4v) is 3.02. The Labute approximate surface area is 157 Å². The van der Waals surface area contributed by atoms with Crippen LogP contribution in [0.15, 0.2) is 79.1 Å². The molecule has 2 heterocycles. The van der Waals surface area contributed by atoms with Gasteiger partial charge in [0.2, 0.25) is 0 Å². The molecule has 27 heavy (non-hydrogen) atoms. The van der Waals surface area contributed by atoms with E-state index >= 15 is 0 Å². The molecular formula is C22H19N3O2. The summed E-state index contributed by atoms with van der Waals surface area (Å²) in [5, 5.41) is 4.04. The standard InChI is InChI=1S/C22H19N3O2/c1-27-19-9-5-16(6-10-19)15-25-13-11-17-7-8-18(14-21(17)25)24-22(26)20-4-2-3-12-23-20/h2-14H,15H2,1H3,(H,24,26). The van der Waals surface area contributed by atoms with Gasteiger partial charge < -0.3 is 14.6 Å². The van der Waals surface area contributed by atoms with Crippen LogP contribution in [0.25, 0.3) is 10.9 Å². The Kier molecular flexibility index (Phi) is 4.58. The third kappa shape index (κ3) is 3.67. The first-order valence-electron chi connectivity index (χ1n) is 8.67. The van der Waals surface area contributed by atoms with Crippen LogP contribution in [0.4, 0.5) is 5.69 Å². The number of fused-ring (bicyclic) bond motifs is 1. The molecule has 0 spiro atoms. The highest BCUT2D eigenvalue weighted by Gasteiger charge is 2.09. The molecule has 0 unspecified atom stereocenters. The number of nitrogens with zero attached hydrogens (tertiary/aromatic N) is 2. The van der Waals surface area contributed by atoms with Gasteiger partial charge in [0, 0.05) is 24.6 Å². The van der Waals surface area contributed by atoms with E-state index in [4.69, 9.17) is 4.74 Å². The van der Waals surface area contributed by atoms with Crippen LogP contribution >= 0.6 is 0 Å². The largest absolute Gasteiger partial charge is 0.497 e. The number of ether oxygens (including phenoxy) is 1. The van der Waals surface area contributed by atoms with E-state index in [0.717, 1.165) is 28.9 Å². The van der Waals surface area contributed by atoms with Crippen molar-refractivity contribution in [3.8, 4) is 5.75 Å². The van der Waals surface area contributed by atoms with Gasteiger partial charge in [-0.15, -0.1) is 0 Å². The number of rotatable bonds is 5. The number of pyridine rings is 1. The van der Waals surface area contributed by atoms with Crippen molar-refractivity contribution >= 4 is 22.5 Å². The van der Waals surface area contributed by atoms with Gasteiger partial charge >= 0.3 is 0 Å². The molecule has 4 aromatic rings. The molecule has 0 atom stereocenters. The molecule has 0 saturated heterocycles.